The van der Waals surface area contributed by atoms with Crippen molar-refractivity contribution in [1.29, 1.82) is 0 Å². The van der Waals surface area contributed by atoms with Gasteiger partial charge in [-0.2, -0.15) is 0 Å². The Labute approximate surface area is 86.8 Å². The van der Waals surface area contributed by atoms with Crippen LogP contribution in [0.1, 0.15) is 22.3 Å². The Morgan fingerprint density at radius 3 is 2.62 bits per heavy atom. The molecule has 0 radical (unpaired) electrons. The van der Waals surface area contributed by atoms with Crippen LogP contribution in [-0.2, 0) is 0 Å². The largest absolute Gasteiger partial charge is 0.390 e. The fraction of sp³-hybridized carbons (Fsp3) is 0.556. The minimum absolute atomic E-state index is 0.364. The predicted octanol–water partition coefficient (Wildman–Crippen LogP) is 2.08. The van der Waals surface area contributed by atoms with Gasteiger partial charge < -0.3 is 10.2 Å². The van der Waals surface area contributed by atoms with Crippen LogP contribution in [0.25, 0.3) is 0 Å². The summed E-state index contributed by atoms with van der Waals surface area (Å²) in [5, 5.41) is 19.1. The van der Waals surface area contributed by atoms with Crippen molar-refractivity contribution in [3.8, 4) is 0 Å². The van der Waals surface area contributed by atoms with Crippen molar-refractivity contribution in [2.45, 2.75) is 25.6 Å². The standard InChI is InChI=1S/C9H13ClO2S/c1-6-2-3-8(13-6)9(12)7(11)4-5-10/h2-3,7,9,11-12H,4-5H2,1H3. The molecule has 2 atom stereocenters. The summed E-state index contributed by atoms with van der Waals surface area (Å²) in [5.74, 6) is 0.364. The van der Waals surface area contributed by atoms with Crippen LogP contribution >= 0.6 is 22.9 Å². The molecular weight excluding hydrogens is 208 g/mol. The summed E-state index contributed by atoms with van der Waals surface area (Å²) < 4.78 is 0. The summed E-state index contributed by atoms with van der Waals surface area (Å²) in [6.45, 7) is 1.97. The average Bonchev–Trinajstić information content (AvgIpc) is 2.51. The molecule has 0 aromatic carbocycles. The molecule has 1 heterocycles. The number of thiophene rings is 1. The van der Waals surface area contributed by atoms with E-state index in [2.05, 4.69) is 0 Å². The summed E-state index contributed by atoms with van der Waals surface area (Å²) in [5.41, 5.74) is 0. The molecule has 0 fully saturated rings. The molecule has 2 nitrogen and oxygen atoms in total. The molecule has 0 bridgehead atoms. The number of hydrogen-bond acceptors (Lipinski definition) is 3. The van der Waals surface area contributed by atoms with Crippen molar-refractivity contribution >= 4 is 22.9 Å². The molecule has 2 unspecified atom stereocenters. The lowest BCUT2D eigenvalue weighted by Crippen LogP contribution is -2.17. The third-order valence-corrected chi connectivity index (χ3v) is 3.11. The zero-order valence-corrected chi connectivity index (χ0v) is 8.98. The molecule has 74 valence electrons. The van der Waals surface area contributed by atoms with E-state index in [1.165, 1.54) is 11.3 Å². The molecule has 13 heavy (non-hydrogen) atoms. The normalized spacial score (nSPS) is 15.7. The molecule has 0 saturated heterocycles. The van der Waals surface area contributed by atoms with E-state index in [1.54, 1.807) is 0 Å². The van der Waals surface area contributed by atoms with Gasteiger partial charge in [0.1, 0.15) is 6.10 Å². The first-order valence-corrected chi connectivity index (χ1v) is 5.48. The highest BCUT2D eigenvalue weighted by molar-refractivity contribution is 7.12. The lowest BCUT2D eigenvalue weighted by atomic mass is 10.1. The van der Waals surface area contributed by atoms with E-state index in [1.807, 2.05) is 19.1 Å². The molecule has 1 rings (SSSR count). The van der Waals surface area contributed by atoms with Crippen molar-refractivity contribution < 1.29 is 10.2 Å². The molecule has 0 aliphatic carbocycles. The molecule has 0 aliphatic rings. The number of alkyl halides is 1. The first-order valence-electron chi connectivity index (χ1n) is 4.13. The lowest BCUT2D eigenvalue weighted by Gasteiger charge is -2.14. The third-order valence-electron chi connectivity index (χ3n) is 1.82. The monoisotopic (exact) mass is 220 g/mol. The highest BCUT2D eigenvalue weighted by atomic mass is 35.5. The molecule has 0 spiro atoms. The van der Waals surface area contributed by atoms with Crippen LogP contribution in [0.5, 0.6) is 0 Å². The Morgan fingerprint density at radius 2 is 2.15 bits per heavy atom. The first kappa shape index (κ1) is 11.0. The highest BCUT2D eigenvalue weighted by Gasteiger charge is 2.18. The SMILES string of the molecule is Cc1ccc(C(O)C(O)CCCl)s1. The van der Waals surface area contributed by atoms with Crippen molar-refractivity contribution in [1.82, 2.24) is 0 Å². The maximum atomic E-state index is 9.64. The molecule has 0 aliphatic heterocycles. The second-order valence-electron chi connectivity index (χ2n) is 2.94. The number of aliphatic hydroxyl groups excluding tert-OH is 2. The summed E-state index contributed by atoms with van der Waals surface area (Å²) in [4.78, 5) is 1.93. The van der Waals surface area contributed by atoms with Gasteiger partial charge in [-0.3, -0.25) is 0 Å². The van der Waals surface area contributed by atoms with Gasteiger partial charge in [0.2, 0.25) is 0 Å². The van der Waals surface area contributed by atoms with Gasteiger partial charge in [-0.25, -0.2) is 0 Å². The van der Waals surface area contributed by atoms with Crippen LogP contribution in [0.3, 0.4) is 0 Å². The summed E-state index contributed by atoms with van der Waals surface area (Å²) in [6, 6.07) is 3.76. The minimum Gasteiger partial charge on any atom is -0.390 e. The van der Waals surface area contributed by atoms with Gasteiger partial charge >= 0.3 is 0 Å². The lowest BCUT2D eigenvalue weighted by molar-refractivity contribution is 0.0191. The summed E-state index contributed by atoms with van der Waals surface area (Å²) in [6.07, 6.45) is -1.13. The van der Waals surface area contributed by atoms with E-state index < -0.39 is 12.2 Å². The smallest absolute Gasteiger partial charge is 0.114 e. The average molecular weight is 221 g/mol. The van der Waals surface area contributed by atoms with Crippen LogP contribution in [0, 0.1) is 6.92 Å². The van der Waals surface area contributed by atoms with Crippen LogP contribution in [0.15, 0.2) is 12.1 Å². The maximum Gasteiger partial charge on any atom is 0.114 e. The Kier molecular flexibility index (Phi) is 4.19. The molecule has 2 N–H and O–H groups in total. The molecule has 0 saturated carbocycles. The van der Waals surface area contributed by atoms with Gasteiger partial charge in [-0.15, -0.1) is 22.9 Å². The predicted molar refractivity (Wildman–Crippen MR) is 55.4 cm³/mol. The van der Waals surface area contributed by atoms with Gasteiger partial charge in [-0.1, -0.05) is 0 Å². The molecule has 1 aromatic rings. The zero-order chi connectivity index (χ0) is 9.84. The fourth-order valence-electron chi connectivity index (χ4n) is 1.07. The molecule has 0 amide bonds. The van der Waals surface area contributed by atoms with Gasteiger partial charge in [-0.05, 0) is 25.5 Å². The Bertz CT molecular complexity index is 262. The van der Waals surface area contributed by atoms with E-state index in [9.17, 15) is 10.2 Å². The van der Waals surface area contributed by atoms with Gasteiger partial charge in [0, 0.05) is 15.6 Å². The van der Waals surface area contributed by atoms with Gasteiger partial charge in [0.15, 0.2) is 0 Å². The van der Waals surface area contributed by atoms with E-state index >= 15 is 0 Å². The topological polar surface area (TPSA) is 40.5 Å². The highest BCUT2D eigenvalue weighted by Crippen LogP contribution is 2.26. The van der Waals surface area contributed by atoms with E-state index in [0.29, 0.717) is 12.3 Å². The first-order chi connectivity index (χ1) is 6.15. The van der Waals surface area contributed by atoms with Crippen molar-refractivity contribution in [2.24, 2.45) is 0 Å². The number of hydrogen-bond donors (Lipinski definition) is 2. The third kappa shape index (κ3) is 2.95. The number of rotatable bonds is 4. The van der Waals surface area contributed by atoms with Crippen molar-refractivity contribution in [3.05, 3.63) is 21.9 Å². The molecule has 4 heteroatoms. The van der Waals surface area contributed by atoms with E-state index in [0.717, 1.165) is 9.75 Å². The fourth-order valence-corrected chi connectivity index (χ4v) is 2.22. The Balaban J connectivity index is 2.61. The van der Waals surface area contributed by atoms with E-state index in [4.69, 9.17) is 11.6 Å². The van der Waals surface area contributed by atoms with Crippen molar-refractivity contribution in [2.75, 3.05) is 5.88 Å². The van der Waals surface area contributed by atoms with Crippen LogP contribution < -0.4 is 0 Å². The Morgan fingerprint density at radius 1 is 1.46 bits per heavy atom. The number of halogens is 1. The van der Waals surface area contributed by atoms with Crippen LogP contribution in [0.2, 0.25) is 0 Å². The maximum absolute atomic E-state index is 9.64. The minimum atomic E-state index is -0.794. The second-order valence-corrected chi connectivity index (χ2v) is 4.64. The van der Waals surface area contributed by atoms with Crippen molar-refractivity contribution in [3.63, 3.8) is 0 Å². The summed E-state index contributed by atoms with van der Waals surface area (Å²) in [7, 11) is 0. The van der Waals surface area contributed by atoms with Crippen LogP contribution in [0.4, 0.5) is 0 Å². The Hall–Kier alpha value is -0.0900. The van der Waals surface area contributed by atoms with E-state index in [-0.39, 0.29) is 0 Å². The zero-order valence-electron chi connectivity index (χ0n) is 7.40. The molecule has 1 aromatic heterocycles. The quantitative estimate of drug-likeness (QED) is 0.763. The van der Waals surface area contributed by atoms with Gasteiger partial charge in [0.25, 0.3) is 0 Å². The number of aryl methyl sites for hydroxylation is 1. The summed E-state index contributed by atoms with van der Waals surface area (Å²) >= 11 is 6.96. The second kappa shape index (κ2) is 4.96. The number of aliphatic hydroxyl groups is 2. The molecular formula is C9H13ClO2S. The van der Waals surface area contributed by atoms with Gasteiger partial charge in [0.05, 0.1) is 6.10 Å². The van der Waals surface area contributed by atoms with Crippen LogP contribution in [-0.4, -0.2) is 22.2 Å².